The van der Waals surface area contributed by atoms with Gasteiger partial charge in [-0.1, -0.05) is 0 Å². The summed E-state index contributed by atoms with van der Waals surface area (Å²) in [5.74, 6) is 0.229. The highest BCUT2D eigenvalue weighted by molar-refractivity contribution is 9.10. The van der Waals surface area contributed by atoms with Gasteiger partial charge in [0, 0.05) is 29.5 Å². The molecule has 1 N–H and O–H groups in total. The van der Waals surface area contributed by atoms with Crippen molar-refractivity contribution in [2.45, 2.75) is 6.92 Å². The van der Waals surface area contributed by atoms with Gasteiger partial charge in [0.15, 0.2) is 5.82 Å². The first-order valence-corrected chi connectivity index (χ1v) is 5.80. The van der Waals surface area contributed by atoms with E-state index in [0.29, 0.717) is 16.0 Å². The molecular weight excluding hydrogens is 284 g/mol. The normalized spacial score (nSPS) is 10.3. The fourth-order valence-corrected chi connectivity index (χ4v) is 1.76. The molecule has 0 radical (unpaired) electrons. The number of carbonyl (C=O) groups excluding carboxylic acids is 1. The van der Waals surface area contributed by atoms with Crippen molar-refractivity contribution in [2.24, 2.45) is 7.05 Å². The van der Waals surface area contributed by atoms with Crippen molar-refractivity contribution in [3.63, 3.8) is 0 Å². The molecule has 0 atom stereocenters. The first kappa shape index (κ1) is 11.8. The third-order valence-electron chi connectivity index (χ3n) is 2.16. The summed E-state index contributed by atoms with van der Waals surface area (Å²) < 4.78 is 2.28. The van der Waals surface area contributed by atoms with E-state index < -0.39 is 0 Å². The minimum Gasteiger partial charge on any atom is -0.304 e. The second-order valence-electron chi connectivity index (χ2n) is 3.61. The Bertz CT molecular complexity index is 564. The average molecular weight is 295 g/mol. The van der Waals surface area contributed by atoms with Gasteiger partial charge >= 0.3 is 0 Å². The average Bonchev–Trinajstić information content (AvgIpc) is 2.67. The zero-order valence-corrected chi connectivity index (χ0v) is 11.0. The molecule has 1 amide bonds. The number of rotatable bonds is 2. The number of nitrogens with one attached hydrogen (secondary N) is 1. The summed E-state index contributed by atoms with van der Waals surface area (Å²) in [4.78, 5) is 16.1. The maximum atomic E-state index is 11.9. The van der Waals surface area contributed by atoms with Crippen LogP contribution >= 0.6 is 15.9 Å². The lowest BCUT2D eigenvalue weighted by molar-refractivity contribution is 0.102. The molecule has 88 valence electrons. The van der Waals surface area contributed by atoms with E-state index in [1.807, 2.05) is 13.0 Å². The van der Waals surface area contributed by atoms with Crippen LogP contribution in [0.1, 0.15) is 16.2 Å². The Morgan fingerprint density at radius 3 is 2.82 bits per heavy atom. The summed E-state index contributed by atoms with van der Waals surface area (Å²) in [6, 6.07) is 5.36. The summed E-state index contributed by atoms with van der Waals surface area (Å²) in [6.45, 7) is 1.84. The maximum absolute atomic E-state index is 11.9. The highest BCUT2D eigenvalue weighted by atomic mass is 79.9. The summed E-state index contributed by atoms with van der Waals surface area (Å²) in [7, 11) is 1.79. The Morgan fingerprint density at radius 1 is 1.41 bits per heavy atom. The molecule has 2 aromatic rings. The van der Waals surface area contributed by atoms with Crippen LogP contribution in [0.3, 0.4) is 0 Å². The van der Waals surface area contributed by atoms with E-state index in [-0.39, 0.29) is 5.91 Å². The molecule has 0 spiro atoms. The van der Waals surface area contributed by atoms with E-state index in [9.17, 15) is 4.79 Å². The third-order valence-corrected chi connectivity index (χ3v) is 2.80. The van der Waals surface area contributed by atoms with Crippen molar-refractivity contribution in [3.05, 3.63) is 40.3 Å². The molecule has 6 heteroatoms. The largest absolute Gasteiger partial charge is 0.304 e. The standard InChI is InChI=1S/C11H11BrN4O/c1-7-3-4-8(12)10(13-7)11(17)14-9-5-6-16(2)15-9/h3-6H,1-2H3,(H,14,15,17). The van der Waals surface area contributed by atoms with Crippen molar-refractivity contribution >= 4 is 27.7 Å². The fraction of sp³-hybridized carbons (Fsp3) is 0.182. The summed E-state index contributed by atoms with van der Waals surface area (Å²) in [5, 5.41) is 6.75. The zero-order valence-electron chi connectivity index (χ0n) is 9.44. The molecule has 0 aliphatic rings. The number of pyridine rings is 1. The van der Waals surface area contributed by atoms with Gasteiger partial charge in [-0.15, -0.1) is 0 Å². The van der Waals surface area contributed by atoms with Crippen LogP contribution in [0.2, 0.25) is 0 Å². The number of amides is 1. The fourth-order valence-electron chi connectivity index (χ4n) is 1.36. The van der Waals surface area contributed by atoms with Gasteiger partial charge in [-0.25, -0.2) is 4.98 Å². The first-order valence-electron chi connectivity index (χ1n) is 5.00. The van der Waals surface area contributed by atoms with Crippen molar-refractivity contribution in [1.29, 1.82) is 0 Å². The van der Waals surface area contributed by atoms with Crippen molar-refractivity contribution in [1.82, 2.24) is 14.8 Å². The Hall–Kier alpha value is -1.69. The lowest BCUT2D eigenvalue weighted by atomic mass is 10.3. The van der Waals surface area contributed by atoms with Crippen LogP contribution in [-0.2, 0) is 7.05 Å². The number of aryl methyl sites for hydroxylation is 2. The second kappa shape index (κ2) is 4.67. The quantitative estimate of drug-likeness (QED) is 0.923. The molecule has 2 heterocycles. The van der Waals surface area contributed by atoms with Crippen LogP contribution in [0.4, 0.5) is 5.82 Å². The Balaban J connectivity index is 2.22. The first-order chi connectivity index (χ1) is 8.06. The SMILES string of the molecule is Cc1ccc(Br)c(C(=O)Nc2ccn(C)n2)n1. The van der Waals surface area contributed by atoms with Crippen molar-refractivity contribution in [2.75, 3.05) is 5.32 Å². The monoisotopic (exact) mass is 294 g/mol. The molecule has 5 nitrogen and oxygen atoms in total. The summed E-state index contributed by atoms with van der Waals surface area (Å²) in [6.07, 6.45) is 1.76. The lowest BCUT2D eigenvalue weighted by Gasteiger charge is -2.04. The van der Waals surface area contributed by atoms with Crippen LogP contribution in [-0.4, -0.2) is 20.7 Å². The number of hydrogen-bond donors (Lipinski definition) is 1. The number of nitrogens with zero attached hydrogens (tertiary/aromatic N) is 3. The van der Waals surface area contributed by atoms with E-state index in [1.54, 1.807) is 30.1 Å². The van der Waals surface area contributed by atoms with Gasteiger partial charge in [0.05, 0.1) is 0 Å². The minimum atomic E-state index is -0.278. The Labute approximate surface area is 107 Å². The molecular formula is C11H11BrN4O. The number of aromatic nitrogens is 3. The van der Waals surface area contributed by atoms with E-state index in [0.717, 1.165) is 5.69 Å². The van der Waals surface area contributed by atoms with Crippen LogP contribution in [0, 0.1) is 6.92 Å². The number of carbonyl (C=O) groups is 1. The molecule has 0 fully saturated rings. The zero-order chi connectivity index (χ0) is 12.4. The van der Waals surface area contributed by atoms with E-state index in [4.69, 9.17) is 0 Å². The van der Waals surface area contributed by atoms with Gasteiger partial charge in [0.1, 0.15) is 5.69 Å². The molecule has 0 saturated heterocycles. The smallest absolute Gasteiger partial charge is 0.276 e. The maximum Gasteiger partial charge on any atom is 0.276 e. The van der Waals surface area contributed by atoms with Crippen molar-refractivity contribution in [3.8, 4) is 0 Å². The molecule has 0 aliphatic heterocycles. The molecule has 0 saturated carbocycles. The molecule has 2 aromatic heterocycles. The highest BCUT2D eigenvalue weighted by Gasteiger charge is 2.13. The van der Waals surface area contributed by atoms with Gasteiger partial charge in [-0.05, 0) is 35.0 Å². The molecule has 2 rings (SSSR count). The molecule has 0 bridgehead atoms. The van der Waals surface area contributed by atoms with E-state index in [1.165, 1.54) is 0 Å². The number of anilines is 1. The molecule has 0 unspecified atom stereocenters. The lowest BCUT2D eigenvalue weighted by Crippen LogP contribution is -2.15. The van der Waals surface area contributed by atoms with Crippen LogP contribution in [0.25, 0.3) is 0 Å². The summed E-state index contributed by atoms with van der Waals surface area (Å²) in [5.41, 5.74) is 1.15. The Morgan fingerprint density at radius 2 is 2.18 bits per heavy atom. The Kier molecular flexibility index (Phi) is 3.23. The minimum absolute atomic E-state index is 0.278. The van der Waals surface area contributed by atoms with Crippen molar-refractivity contribution < 1.29 is 4.79 Å². The van der Waals surface area contributed by atoms with Crippen LogP contribution in [0.15, 0.2) is 28.9 Å². The summed E-state index contributed by atoms with van der Waals surface area (Å²) >= 11 is 3.30. The highest BCUT2D eigenvalue weighted by Crippen LogP contribution is 2.16. The predicted octanol–water partition coefficient (Wildman–Crippen LogP) is 2.14. The molecule has 17 heavy (non-hydrogen) atoms. The van der Waals surface area contributed by atoms with Gasteiger partial charge in [-0.3, -0.25) is 9.48 Å². The number of hydrogen-bond acceptors (Lipinski definition) is 3. The predicted molar refractivity (Wildman–Crippen MR) is 67.8 cm³/mol. The molecule has 0 aromatic carbocycles. The topological polar surface area (TPSA) is 59.8 Å². The van der Waals surface area contributed by atoms with E-state index in [2.05, 4.69) is 31.3 Å². The van der Waals surface area contributed by atoms with Gasteiger partial charge in [-0.2, -0.15) is 5.10 Å². The van der Waals surface area contributed by atoms with E-state index >= 15 is 0 Å². The molecule has 0 aliphatic carbocycles. The van der Waals surface area contributed by atoms with Gasteiger partial charge in [0.2, 0.25) is 0 Å². The number of halogens is 1. The van der Waals surface area contributed by atoms with Crippen LogP contribution in [0.5, 0.6) is 0 Å². The third kappa shape index (κ3) is 2.71. The second-order valence-corrected chi connectivity index (χ2v) is 4.47. The van der Waals surface area contributed by atoms with Gasteiger partial charge in [0.25, 0.3) is 5.91 Å². The van der Waals surface area contributed by atoms with Crippen LogP contribution < -0.4 is 5.32 Å². The van der Waals surface area contributed by atoms with Gasteiger partial charge < -0.3 is 5.32 Å².